The van der Waals surface area contributed by atoms with Gasteiger partial charge in [-0.1, -0.05) is 0 Å². The SMILES string of the molecule is [NH]c1ccn2cccc2c1. The summed E-state index contributed by atoms with van der Waals surface area (Å²) in [6.07, 6.45) is 3.85. The fourth-order valence-corrected chi connectivity index (χ4v) is 1.03. The van der Waals surface area contributed by atoms with Crippen molar-refractivity contribution >= 4 is 11.2 Å². The summed E-state index contributed by atoms with van der Waals surface area (Å²) in [4.78, 5) is 0. The van der Waals surface area contributed by atoms with Gasteiger partial charge in [0.1, 0.15) is 0 Å². The van der Waals surface area contributed by atoms with Gasteiger partial charge < -0.3 is 10.1 Å². The van der Waals surface area contributed by atoms with E-state index in [0.29, 0.717) is 5.69 Å². The lowest BCUT2D eigenvalue weighted by Gasteiger charge is -1.93. The Morgan fingerprint density at radius 3 is 3.00 bits per heavy atom. The summed E-state index contributed by atoms with van der Waals surface area (Å²) in [7, 11) is 0. The normalized spacial score (nSPS) is 10.4. The van der Waals surface area contributed by atoms with Crippen LogP contribution < -0.4 is 5.73 Å². The van der Waals surface area contributed by atoms with Gasteiger partial charge in [0, 0.05) is 17.9 Å². The lowest BCUT2D eigenvalue weighted by molar-refractivity contribution is 1.19. The molecule has 0 saturated heterocycles. The van der Waals surface area contributed by atoms with Crippen molar-refractivity contribution < 1.29 is 0 Å². The van der Waals surface area contributed by atoms with Crippen LogP contribution in [0, 0.1) is 0 Å². The van der Waals surface area contributed by atoms with Crippen LogP contribution in [0.5, 0.6) is 0 Å². The molecule has 0 aromatic carbocycles. The van der Waals surface area contributed by atoms with Gasteiger partial charge in [-0.05, 0) is 24.3 Å². The van der Waals surface area contributed by atoms with Crippen molar-refractivity contribution in [3.05, 3.63) is 36.7 Å². The molecule has 0 atom stereocenters. The van der Waals surface area contributed by atoms with E-state index in [1.165, 1.54) is 0 Å². The van der Waals surface area contributed by atoms with E-state index in [1.54, 1.807) is 6.07 Å². The molecule has 0 amide bonds. The van der Waals surface area contributed by atoms with Gasteiger partial charge >= 0.3 is 0 Å². The molecule has 0 aliphatic carbocycles. The third-order valence-corrected chi connectivity index (χ3v) is 1.53. The number of pyridine rings is 1. The minimum absolute atomic E-state index is 0.561. The quantitative estimate of drug-likeness (QED) is 0.522. The van der Waals surface area contributed by atoms with Gasteiger partial charge in [0.25, 0.3) is 0 Å². The van der Waals surface area contributed by atoms with Gasteiger partial charge in [-0.25, -0.2) is 0 Å². The summed E-state index contributed by atoms with van der Waals surface area (Å²) >= 11 is 0. The van der Waals surface area contributed by atoms with Gasteiger partial charge in [0.2, 0.25) is 0 Å². The topological polar surface area (TPSA) is 28.2 Å². The molecule has 0 aliphatic heterocycles. The summed E-state index contributed by atoms with van der Waals surface area (Å²) < 4.78 is 1.98. The van der Waals surface area contributed by atoms with Crippen LogP contribution in [-0.4, -0.2) is 4.40 Å². The lowest BCUT2D eigenvalue weighted by Crippen LogP contribution is -1.79. The van der Waals surface area contributed by atoms with Crippen LogP contribution in [-0.2, 0) is 0 Å². The second-order valence-electron chi connectivity index (χ2n) is 2.26. The van der Waals surface area contributed by atoms with E-state index in [2.05, 4.69) is 0 Å². The van der Waals surface area contributed by atoms with E-state index in [1.807, 2.05) is 35.0 Å². The molecule has 2 nitrogen and oxygen atoms in total. The molecule has 0 bridgehead atoms. The average Bonchev–Trinajstić information content (AvgIpc) is 2.33. The molecular weight excluding hydrogens is 124 g/mol. The van der Waals surface area contributed by atoms with Crippen molar-refractivity contribution in [1.82, 2.24) is 10.1 Å². The Hall–Kier alpha value is -1.44. The van der Waals surface area contributed by atoms with Gasteiger partial charge in [-0.15, -0.1) is 0 Å². The van der Waals surface area contributed by atoms with Crippen LogP contribution in [0.1, 0.15) is 0 Å². The molecule has 2 heterocycles. The summed E-state index contributed by atoms with van der Waals surface area (Å²) in [6, 6.07) is 7.56. The number of nitrogens with zero attached hydrogens (tertiary/aromatic N) is 1. The molecule has 2 rings (SSSR count). The minimum Gasteiger partial charge on any atom is -0.324 e. The fourth-order valence-electron chi connectivity index (χ4n) is 1.03. The van der Waals surface area contributed by atoms with Crippen LogP contribution in [0.4, 0.5) is 5.69 Å². The highest BCUT2D eigenvalue weighted by atomic mass is 14.8. The van der Waals surface area contributed by atoms with E-state index in [4.69, 9.17) is 5.73 Å². The number of hydrogen-bond donors (Lipinski definition) is 0. The zero-order chi connectivity index (χ0) is 6.97. The van der Waals surface area contributed by atoms with Gasteiger partial charge in [-0.2, -0.15) is 0 Å². The van der Waals surface area contributed by atoms with Crippen molar-refractivity contribution in [3.63, 3.8) is 0 Å². The highest BCUT2D eigenvalue weighted by Gasteiger charge is 1.89. The number of fused-ring (bicyclic) bond motifs is 1. The molecule has 49 valence electrons. The Morgan fingerprint density at radius 2 is 2.10 bits per heavy atom. The number of rotatable bonds is 0. The maximum Gasteiger partial charge on any atom is 0.0575 e. The second-order valence-corrected chi connectivity index (χ2v) is 2.26. The molecular formula is C8H7N2. The first-order valence-corrected chi connectivity index (χ1v) is 3.14. The van der Waals surface area contributed by atoms with E-state index in [9.17, 15) is 0 Å². The molecule has 2 aromatic heterocycles. The summed E-state index contributed by atoms with van der Waals surface area (Å²) in [5.74, 6) is 0. The number of aromatic nitrogens is 1. The standard InChI is InChI=1S/C8H7N2/c9-7-3-5-10-4-1-2-8(10)6-7/h1-6,9H. The van der Waals surface area contributed by atoms with Crippen molar-refractivity contribution in [2.45, 2.75) is 0 Å². The third kappa shape index (κ3) is 0.658. The molecule has 2 aromatic rings. The maximum absolute atomic E-state index is 7.30. The smallest absolute Gasteiger partial charge is 0.0575 e. The zero-order valence-corrected chi connectivity index (χ0v) is 5.41. The average molecular weight is 131 g/mol. The maximum atomic E-state index is 7.30. The first-order chi connectivity index (χ1) is 4.86. The lowest BCUT2D eigenvalue weighted by atomic mass is 10.4. The monoisotopic (exact) mass is 131 g/mol. The van der Waals surface area contributed by atoms with Crippen molar-refractivity contribution in [2.24, 2.45) is 0 Å². The van der Waals surface area contributed by atoms with Crippen LogP contribution in [0.3, 0.4) is 0 Å². The summed E-state index contributed by atoms with van der Waals surface area (Å²) in [6.45, 7) is 0. The first-order valence-electron chi connectivity index (χ1n) is 3.14. The van der Waals surface area contributed by atoms with E-state index < -0.39 is 0 Å². The molecule has 0 spiro atoms. The molecule has 0 unspecified atom stereocenters. The van der Waals surface area contributed by atoms with E-state index >= 15 is 0 Å². The molecule has 0 fully saturated rings. The second kappa shape index (κ2) is 1.77. The minimum atomic E-state index is 0.561. The molecule has 0 saturated carbocycles. The zero-order valence-electron chi connectivity index (χ0n) is 5.41. The Balaban J connectivity index is 2.86. The molecule has 2 heteroatoms. The number of nitrogens with one attached hydrogen (secondary N) is 1. The van der Waals surface area contributed by atoms with Gasteiger partial charge in [0.15, 0.2) is 0 Å². The highest BCUT2D eigenvalue weighted by Crippen LogP contribution is 2.09. The summed E-state index contributed by atoms with van der Waals surface area (Å²) in [5.41, 5.74) is 8.94. The van der Waals surface area contributed by atoms with E-state index in [0.717, 1.165) is 5.52 Å². The Bertz CT molecular complexity index is 349. The van der Waals surface area contributed by atoms with Crippen LogP contribution >= 0.6 is 0 Å². The highest BCUT2D eigenvalue weighted by molar-refractivity contribution is 5.55. The van der Waals surface area contributed by atoms with Crippen molar-refractivity contribution in [3.8, 4) is 0 Å². The summed E-state index contributed by atoms with van der Waals surface area (Å²) in [5, 5.41) is 0. The van der Waals surface area contributed by atoms with Crippen LogP contribution in [0.2, 0.25) is 0 Å². The Morgan fingerprint density at radius 1 is 1.20 bits per heavy atom. The Labute approximate surface area is 58.9 Å². The fraction of sp³-hybridized carbons (Fsp3) is 0. The largest absolute Gasteiger partial charge is 0.324 e. The third-order valence-electron chi connectivity index (χ3n) is 1.53. The molecule has 1 radical (unpaired) electrons. The molecule has 1 N–H and O–H groups in total. The van der Waals surface area contributed by atoms with Crippen LogP contribution in [0.25, 0.3) is 5.52 Å². The predicted octanol–water partition coefficient (Wildman–Crippen LogP) is 1.85. The molecule has 10 heavy (non-hydrogen) atoms. The molecule has 0 aliphatic rings. The van der Waals surface area contributed by atoms with Crippen molar-refractivity contribution in [2.75, 3.05) is 0 Å². The van der Waals surface area contributed by atoms with E-state index in [-0.39, 0.29) is 0 Å². The Kier molecular flexibility index (Phi) is 0.947. The van der Waals surface area contributed by atoms with Crippen molar-refractivity contribution in [1.29, 1.82) is 0 Å². The van der Waals surface area contributed by atoms with Gasteiger partial charge in [-0.3, -0.25) is 0 Å². The first kappa shape index (κ1) is 5.35. The predicted molar refractivity (Wildman–Crippen MR) is 40.2 cm³/mol. The van der Waals surface area contributed by atoms with Gasteiger partial charge in [0.05, 0.1) is 5.69 Å². The number of hydrogen-bond acceptors (Lipinski definition) is 0. The van der Waals surface area contributed by atoms with Crippen LogP contribution in [0.15, 0.2) is 36.7 Å².